The molecule has 10 heteroatoms. The molecule has 0 aliphatic carbocycles. The molecule has 0 amide bonds. The summed E-state index contributed by atoms with van der Waals surface area (Å²) in [4.78, 5) is 16.0. The second kappa shape index (κ2) is 7.35. The molecule has 4 aromatic rings. The number of thiol groups is 1. The average molecular weight is 663 g/mol. The summed E-state index contributed by atoms with van der Waals surface area (Å²) in [6.07, 6.45) is 5.28. The number of aromatic carboxylic acids is 1. The van der Waals surface area contributed by atoms with Crippen molar-refractivity contribution in [2.45, 2.75) is 13.0 Å². The summed E-state index contributed by atoms with van der Waals surface area (Å²) < 4.78 is 17.6. The van der Waals surface area contributed by atoms with Gasteiger partial charge in [-0.25, -0.2) is 13.9 Å². The van der Waals surface area contributed by atoms with Gasteiger partial charge in [0, 0.05) is 41.7 Å². The third-order valence-corrected chi connectivity index (χ3v) is 4.89. The standard InChI is InChI=1S/C19H15FN5O2S.Rf/c1-11-16(18(19(26)27)23-25(11)28)17(13-4-2-3-5-14(13)20)22-12-6-8-24-9-7-21-15(24)10-12;/h2,4-10,17,22,28H,1H3,(H,26,27);/q-1;. The van der Waals surface area contributed by atoms with Crippen molar-refractivity contribution in [1.82, 2.24) is 18.6 Å². The van der Waals surface area contributed by atoms with Gasteiger partial charge in [0.25, 0.3) is 0 Å². The van der Waals surface area contributed by atoms with Crippen molar-refractivity contribution < 1.29 is 14.3 Å². The molecule has 1 unspecified atom stereocenters. The van der Waals surface area contributed by atoms with Gasteiger partial charge in [-0.15, -0.1) is 6.07 Å². The molecule has 1 atom stereocenters. The van der Waals surface area contributed by atoms with Crippen LogP contribution in [0.1, 0.15) is 33.4 Å². The van der Waals surface area contributed by atoms with Crippen LogP contribution >= 0.6 is 12.8 Å². The Balaban J connectivity index is 0.00000240. The number of fused-ring (bicyclic) bond motifs is 1. The van der Waals surface area contributed by atoms with Gasteiger partial charge in [0.1, 0.15) is 5.65 Å². The van der Waals surface area contributed by atoms with Crippen molar-refractivity contribution in [3.8, 4) is 0 Å². The summed E-state index contributed by atoms with van der Waals surface area (Å²) in [7, 11) is 0. The van der Waals surface area contributed by atoms with Gasteiger partial charge in [-0.2, -0.15) is 23.3 Å². The Hall–Kier alpha value is -4.33. The van der Waals surface area contributed by atoms with Gasteiger partial charge in [0.2, 0.25) is 0 Å². The number of aromatic nitrogens is 4. The molecule has 7 nitrogen and oxygen atoms in total. The number of nitrogens with zero attached hydrogens (tertiary/aromatic N) is 4. The fourth-order valence-electron chi connectivity index (χ4n) is 3.13. The predicted molar refractivity (Wildman–Crippen MR) is 104 cm³/mol. The monoisotopic (exact) mass is 663 g/mol. The van der Waals surface area contributed by atoms with E-state index >= 15 is 0 Å². The molecule has 0 bridgehead atoms. The smallest absolute Gasteiger partial charge is 0.356 e. The third kappa shape index (κ3) is 3.34. The average Bonchev–Trinajstić information content (AvgIpc) is 3.25. The Bertz CT molecular complexity index is 1190. The zero-order valence-electron chi connectivity index (χ0n) is 15.4. The minimum absolute atomic E-state index is 0. The van der Waals surface area contributed by atoms with E-state index in [2.05, 4.69) is 34.3 Å². The minimum atomic E-state index is -1.22. The molecule has 0 aliphatic rings. The van der Waals surface area contributed by atoms with Crippen LogP contribution < -0.4 is 5.32 Å². The number of carbonyl (C=O) groups is 1. The number of rotatable bonds is 5. The van der Waals surface area contributed by atoms with Crippen LogP contribution in [-0.4, -0.2) is 29.6 Å². The van der Waals surface area contributed by atoms with Crippen molar-refractivity contribution in [3.05, 3.63) is 83.3 Å². The molecule has 0 saturated heterocycles. The van der Waals surface area contributed by atoms with Crippen LogP contribution in [0.15, 0.2) is 48.9 Å². The number of carboxylic acid groups (broad SMARTS) is 1. The molecule has 4 rings (SSSR count). The molecular weight excluding hydrogens is 648 g/mol. The third-order valence-electron chi connectivity index (χ3n) is 4.50. The number of imidazole rings is 1. The number of benzene rings is 1. The van der Waals surface area contributed by atoms with E-state index in [0.717, 1.165) is 0 Å². The Morgan fingerprint density at radius 3 is 2.90 bits per heavy atom. The van der Waals surface area contributed by atoms with Crippen molar-refractivity contribution in [1.29, 1.82) is 0 Å². The summed E-state index contributed by atoms with van der Waals surface area (Å²) in [5.74, 6) is -1.73. The zero-order valence-corrected chi connectivity index (χ0v) is 22.7. The molecule has 3 aromatic heterocycles. The quantitative estimate of drug-likeness (QED) is 0.226. The van der Waals surface area contributed by atoms with E-state index in [9.17, 15) is 14.3 Å². The number of pyridine rings is 1. The molecule has 0 aliphatic heterocycles. The van der Waals surface area contributed by atoms with Crippen molar-refractivity contribution in [3.63, 3.8) is 0 Å². The van der Waals surface area contributed by atoms with E-state index in [-0.39, 0.29) is 11.3 Å². The number of hydrogen-bond donors (Lipinski definition) is 3. The maximum atomic E-state index is 14.6. The summed E-state index contributed by atoms with van der Waals surface area (Å²) >= 11 is 4.18. The Morgan fingerprint density at radius 2 is 2.17 bits per heavy atom. The van der Waals surface area contributed by atoms with Crippen molar-refractivity contribution >= 4 is 30.1 Å². The van der Waals surface area contributed by atoms with Gasteiger partial charge in [0.15, 0.2) is 5.69 Å². The Kier molecular flexibility index (Phi) is 4.93. The van der Waals surface area contributed by atoms with Crippen LogP contribution in [0, 0.1) is 18.8 Å². The van der Waals surface area contributed by atoms with Gasteiger partial charge in [-0.3, -0.25) is 4.39 Å². The SMILES string of the molecule is Cc1c(C(Nc2ccn3ccnc3c2)c2cc[c-]cc2F)c(C(=O)O)nn1S.[Rf]. The van der Waals surface area contributed by atoms with Gasteiger partial charge in [-0.05, 0) is 25.8 Å². The van der Waals surface area contributed by atoms with Crippen molar-refractivity contribution in [2.75, 3.05) is 5.32 Å². The van der Waals surface area contributed by atoms with Crippen LogP contribution in [0.3, 0.4) is 0 Å². The second-order valence-corrected chi connectivity index (χ2v) is 6.55. The molecule has 144 valence electrons. The molecule has 0 radical (unpaired) electrons. The van der Waals surface area contributed by atoms with Gasteiger partial charge < -0.3 is 14.8 Å². The van der Waals surface area contributed by atoms with E-state index in [1.54, 1.807) is 43.6 Å². The summed E-state index contributed by atoms with van der Waals surface area (Å²) in [6, 6.07) is 9.81. The van der Waals surface area contributed by atoms with E-state index in [1.165, 1.54) is 10.2 Å². The normalized spacial score (nSPS) is 11.8. The number of nitrogens with one attached hydrogen (secondary N) is 1. The largest absolute Gasteiger partial charge is 0.476 e. The first-order valence-corrected chi connectivity index (χ1v) is 8.72. The van der Waals surface area contributed by atoms with E-state index in [1.807, 2.05) is 10.6 Å². The number of hydrogen-bond acceptors (Lipinski definition) is 5. The first-order valence-electron chi connectivity index (χ1n) is 8.32. The molecular formula is C19H15FN5O2RfS-. The minimum Gasteiger partial charge on any atom is -0.476 e. The maximum absolute atomic E-state index is 14.6. The topological polar surface area (TPSA) is 84.4 Å². The molecule has 2 N–H and O–H groups in total. The predicted octanol–water partition coefficient (Wildman–Crippen LogP) is 3.37. The molecule has 1 aromatic carbocycles. The molecule has 29 heavy (non-hydrogen) atoms. The summed E-state index contributed by atoms with van der Waals surface area (Å²) in [5.41, 5.74) is 2.25. The van der Waals surface area contributed by atoms with Crippen LogP contribution in [0.2, 0.25) is 0 Å². The second-order valence-electron chi connectivity index (χ2n) is 6.18. The van der Waals surface area contributed by atoms with Gasteiger partial charge in [-0.1, -0.05) is 5.56 Å². The molecule has 0 fully saturated rings. The van der Waals surface area contributed by atoms with Gasteiger partial charge in [0.05, 0.1) is 11.7 Å². The zero-order chi connectivity index (χ0) is 19.8. The Morgan fingerprint density at radius 1 is 1.38 bits per heavy atom. The summed E-state index contributed by atoms with van der Waals surface area (Å²) in [6.45, 7) is 1.68. The first kappa shape index (κ1) is 19.4. The maximum Gasteiger partial charge on any atom is 0.356 e. The molecule has 3 heterocycles. The molecule has 0 spiro atoms. The number of carboxylic acids is 1. The van der Waals surface area contributed by atoms with E-state index in [4.69, 9.17) is 0 Å². The van der Waals surface area contributed by atoms with Crippen LogP contribution in [0.5, 0.6) is 0 Å². The fourth-order valence-corrected chi connectivity index (χ4v) is 3.33. The first-order chi connectivity index (χ1) is 13.5. The van der Waals surface area contributed by atoms with Crippen LogP contribution in [-0.2, 0) is 0 Å². The van der Waals surface area contributed by atoms with Crippen molar-refractivity contribution in [2.24, 2.45) is 0 Å². The van der Waals surface area contributed by atoms with Gasteiger partial charge >= 0.3 is 5.97 Å². The van der Waals surface area contributed by atoms with Crippen LogP contribution in [0.4, 0.5) is 10.1 Å². The summed E-state index contributed by atoms with van der Waals surface area (Å²) in [5, 5.41) is 16.8. The number of halogens is 1. The molecule has 0 saturated carbocycles. The number of anilines is 1. The van der Waals surface area contributed by atoms with E-state index in [0.29, 0.717) is 22.6 Å². The Labute approximate surface area is 165 Å². The van der Waals surface area contributed by atoms with Crippen LogP contribution in [0.25, 0.3) is 5.65 Å². The van der Waals surface area contributed by atoms with E-state index < -0.39 is 17.8 Å². The fraction of sp³-hybridized carbons (Fsp3) is 0.105.